The third-order valence-corrected chi connectivity index (χ3v) is 4.62. The maximum atomic E-state index is 12.3. The van der Waals surface area contributed by atoms with Crippen LogP contribution in [0.1, 0.15) is 12.8 Å². The van der Waals surface area contributed by atoms with E-state index >= 15 is 0 Å². The Morgan fingerprint density at radius 2 is 1.60 bits per heavy atom. The Labute approximate surface area is 153 Å². The first kappa shape index (κ1) is 17.6. The maximum absolute atomic E-state index is 12.3. The van der Waals surface area contributed by atoms with Gasteiger partial charge in [0.25, 0.3) is 5.91 Å². The quantitative estimate of drug-likeness (QED) is 0.781. The second kappa shape index (κ2) is 8.77. The number of carbonyl (C=O) groups is 1. The Hall–Kier alpha value is -2.20. The van der Waals surface area contributed by atoms with Gasteiger partial charge in [-0.25, -0.2) is 0 Å². The van der Waals surface area contributed by atoms with E-state index in [0.717, 1.165) is 31.7 Å². The zero-order valence-electron chi connectivity index (χ0n) is 14.1. The van der Waals surface area contributed by atoms with Crippen molar-refractivity contribution in [3.8, 4) is 11.5 Å². The zero-order valence-corrected chi connectivity index (χ0v) is 14.8. The molecule has 1 heterocycles. The summed E-state index contributed by atoms with van der Waals surface area (Å²) in [7, 11) is 0. The first-order chi connectivity index (χ1) is 12.2. The highest BCUT2D eigenvalue weighted by atomic mass is 35.5. The Bertz CT molecular complexity index is 667. The molecule has 0 radical (unpaired) electrons. The molecule has 1 saturated heterocycles. The molecular formula is C20H22ClNO3. The molecule has 132 valence electrons. The highest BCUT2D eigenvalue weighted by Crippen LogP contribution is 2.20. The molecule has 2 aromatic carbocycles. The first-order valence-corrected chi connectivity index (χ1v) is 8.92. The number of hydrogen-bond donors (Lipinski definition) is 0. The van der Waals surface area contributed by atoms with Crippen LogP contribution in [0.4, 0.5) is 0 Å². The lowest BCUT2D eigenvalue weighted by atomic mass is 9.98. The molecule has 0 saturated carbocycles. The van der Waals surface area contributed by atoms with Crippen molar-refractivity contribution >= 4 is 17.5 Å². The number of ether oxygens (including phenoxy) is 2. The number of hydrogen-bond acceptors (Lipinski definition) is 3. The fourth-order valence-corrected chi connectivity index (χ4v) is 2.97. The number of carbonyl (C=O) groups excluding carboxylic acids is 1. The molecule has 0 atom stereocenters. The lowest BCUT2D eigenvalue weighted by Gasteiger charge is -2.31. The fraction of sp³-hybridized carbons (Fsp3) is 0.350. The number of amides is 1. The molecule has 0 spiro atoms. The van der Waals surface area contributed by atoms with Gasteiger partial charge >= 0.3 is 0 Å². The molecule has 25 heavy (non-hydrogen) atoms. The monoisotopic (exact) mass is 359 g/mol. The molecule has 1 fully saturated rings. The Morgan fingerprint density at radius 1 is 0.960 bits per heavy atom. The third-order valence-electron chi connectivity index (χ3n) is 4.37. The number of nitrogens with zero attached hydrogens (tertiary/aromatic N) is 1. The van der Waals surface area contributed by atoms with E-state index in [0.29, 0.717) is 23.3 Å². The second-order valence-electron chi connectivity index (χ2n) is 6.19. The van der Waals surface area contributed by atoms with Gasteiger partial charge in [0.05, 0.1) is 6.61 Å². The molecular weight excluding hydrogens is 338 g/mol. The van der Waals surface area contributed by atoms with Crippen LogP contribution >= 0.6 is 11.6 Å². The SMILES string of the molecule is O=C(COc1ccc(Cl)cc1)N1CCC(COc2ccccc2)CC1. The lowest BCUT2D eigenvalue weighted by molar-refractivity contribution is -0.134. The molecule has 1 aliphatic rings. The van der Waals surface area contributed by atoms with Crippen molar-refractivity contribution in [2.75, 3.05) is 26.3 Å². The zero-order chi connectivity index (χ0) is 17.5. The van der Waals surface area contributed by atoms with Crippen molar-refractivity contribution in [1.82, 2.24) is 4.90 Å². The van der Waals surface area contributed by atoms with Crippen molar-refractivity contribution in [1.29, 1.82) is 0 Å². The summed E-state index contributed by atoms with van der Waals surface area (Å²) in [5, 5.41) is 0.651. The highest BCUT2D eigenvalue weighted by Gasteiger charge is 2.23. The van der Waals surface area contributed by atoms with Crippen molar-refractivity contribution in [3.63, 3.8) is 0 Å². The topological polar surface area (TPSA) is 38.8 Å². The van der Waals surface area contributed by atoms with Gasteiger partial charge in [0.1, 0.15) is 11.5 Å². The predicted octanol–water partition coefficient (Wildman–Crippen LogP) is 4.04. The van der Waals surface area contributed by atoms with Crippen LogP contribution in [0.15, 0.2) is 54.6 Å². The van der Waals surface area contributed by atoms with Crippen molar-refractivity contribution in [2.24, 2.45) is 5.92 Å². The van der Waals surface area contributed by atoms with Crippen LogP contribution < -0.4 is 9.47 Å². The molecule has 3 rings (SSSR count). The van der Waals surface area contributed by atoms with E-state index < -0.39 is 0 Å². The molecule has 1 amide bonds. The van der Waals surface area contributed by atoms with Crippen LogP contribution in [-0.4, -0.2) is 37.1 Å². The standard InChI is InChI=1S/C20H22ClNO3/c21-17-6-8-19(9-7-17)25-15-20(23)22-12-10-16(11-13-22)14-24-18-4-2-1-3-5-18/h1-9,16H,10-15H2. The third kappa shape index (κ3) is 5.40. The van der Waals surface area contributed by atoms with Gasteiger partial charge in [0, 0.05) is 18.1 Å². The van der Waals surface area contributed by atoms with E-state index in [-0.39, 0.29) is 12.5 Å². The normalized spacial score (nSPS) is 15.0. The largest absolute Gasteiger partial charge is 0.493 e. The maximum Gasteiger partial charge on any atom is 0.260 e. The van der Waals surface area contributed by atoms with E-state index in [9.17, 15) is 4.79 Å². The molecule has 0 aromatic heterocycles. The van der Waals surface area contributed by atoms with Gasteiger partial charge in [0.2, 0.25) is 0 Å². The number of piperidine rings is 1. The summed E-state index contributed by atoms with van der Waals surface area (Å²) in [6.07, 6.45) is 1.92. The van der Waals surface area contributed by atoms with Gasteiger partial charge in [0.15, 0.2) is 6.61 Å². The van der Waals surface area contributed by atoms with E-state index in [1.807, 2.05) is 35.2 Å². The van der Waals surface area contributed by atoms with Gasteiger partial charge in [-0.1, -0.05) is 29.8 Å². The van der Waals surface area contributed by atoms with Gasteiger partial charge in [-0.2, -0.15) is 0 Å². The van der Waals surface area contributed by atoms with E-state index in [1.165, 1.54) is 0 Å². The van der Waals surface area contributed by atoms with Gasteiger partial charge in [-0.15, -0.1) is 0 Å². The molecule has 0 N–H and O–H groups in total. The van der Waals surface area contributed by atoms with Crippen molar-refractivity contribution in [3.05, 3.63) is 59.6 Å². The molecule has 2 aromatic rings. The summed E-state index contributed by atoms with van der Waals surface area (Å²) >= 11 is 5.83. The van der Waals surface area contributed by atoms with Crippen LogP contribution in [0.25, 0.3) is 0 Å². The smallest absolute Gasteiger partial charge is 0.260 e. The Balaban J connectivity index is 1.38. The summed E-state index contributed by atoms with van der Waals surface area (Å²) in [6, 6.07) is 16.9. The van der Waals surface area contributed by atoms with Crippen LogP contribution in [0.2, 0.25) is 5.02 Å². The lowest BCUT2D eigenvalue weighted by Crippen LogP contribution is -2.41. The molecule has 4 nitrogen and oxygen atoms in total. The minimum Gasteiger partial charge on any atom is -0.493 e. The van der Waals surface area contributed by atoms with Gasteiger partial charge in [-0.3, -0.25) is 4.79 Å². The minimum absolute atomic E-state index is 0.0253. The number of halogens is 1. The van der Waals surface area contributed by atoms with Crippen LogP contribution in [0, 0.1) is 5.92 Å². The molecule has 0 aliphatic carbocycles. The highest BCUT2D eigenvalue weighted by molar-refractivity contribution is 6.30. The van der Waals surface area contributed by atoms with Crippen molar-refractivity contribution in [2.45, 2.75) is 12.8 Å². The Kier molecular flexibility index (Phi) is 6.18. The van der Waals surface area contributed by atoms with E-state index in [1.54, 1.807) is 24.3 Å². The molecule has 0 bridgehead atoms. The summed E-state index contributed by atoms with van der Waals surface area (Å²) in [4.78, 5) is 14.1. The fourth-order valence-electron chi connectivity index (χ4n) is 2.85. The van der Waals surface area contributed by atoms with Gasteiger partial charge < -0.3 is 14.4 Å². The average molecular weight is 360 g/mol. The Morgan fingerprint density at radius 3 is 2.28 bits per heavy atom. The summed E-state index contributed by atoms with van der Waals surface area (Å²) in [5.41, 5.74) is 0. The van der Waals surface area contributed by atoms with E-state index in [4.69, 9.17) is 21.1 Å². The number of benzene rings is 2. The predicted molar refractivity (Wildman–Crippen MR) is 98.2 cm³/mol. The first-order valence-electron chi connectivity index (χ1n) is 8.55. The van der Waals surface area contributed by atoms with Gasteiger partial charge in [-0.05, 0) is 55.2 Å². The van der Waals surface area contributed by atoms with Crippen LogP contribution in [0.3, 0.4) is 0 Å². The number of para-hydroxylation sites is 1. The molecule has 0 unspecified atom stereocenters. The summed E-state index contributed by atoms with van der Waals surface area (Å²) in [6.45, 7) is 2.28. The summed E-state index contributed by atoms with van der Waals surface area (Å²) in [5.74, 6) is 2.07. The number of likely N-dealkylation sites (tertiary alicyclic amines) is 1. The van der Waals surface area contributed by atoms with Crippen LogP contribution in [-0.2, 0) is 4.79 Å². The second-order valence-corrected chi connectivity index (χ2v) is 6.63. The summed E-state index contributed by atoms with van der Waals surface area (Å²) < 4.78 is 11.4. The average Bonchev–Trinajstić information content (AvgIpc) is 2.67. The minimum atomic E-state index is 0.0253. The molecule has 1 aliphatic heterocycles. The molecule has 5 heteroatoms. The van der Waals surface area contributed by atoms with Crippen molar-refractivity contribution < 1.29 is 14.3 Å². The van der Waals surface area contributed by atoms with E-state index in [2.05, 4.69) is 0 Å². The van der Waals surface area contributed by atoms with Crippen LogP contribution in [0.5, 0.6) is 11.5 Å². The number of rotatable bonds is 6.